The Bertz CT molecular complexity index is 971. The lowest BCUT2D eigenvalue weighted by Crippen LogP contribution is -2.60. The second-order valence-corrected chi connectivity index (χ2v) is 9.49. The molecule has 1 fully saturated rings. The number of ether oxygens (including phenoxy) is 2. The van der Waals surface area contributed by atoms with Crippen LogP contribution in [-0.2, 0) is 21.0 Å². The fourth-order valence-electron chi connectivity index (χ4n) is 3.38. The number of aliphatic hydroxyl groups excluding tert-OH is 4. The summed E-state index contributed by atoms with van der Waals surface area (Å²) in [6.45, 7) is 1.27. The fourth-order valence-corrected chi connectivity index (χ4v) is 4.01. The third-order valence-corrected chi connectivity index (χ3v) is 6.25. The van der Waals surface area contributed by atoms with Crippen LogP contribution in [0.15, 0.2) is 47.4 Å². The van der Waals surface area contributed by atoms with Crippen LogP contribution in [0.25, 0.3) is 0 Å². The van der Waals surface area contributed by atoms with Gasteiger partial charge in [-0.2, -0.15) is 0 Å². The Morgan fingerprint density at radius 1 is 1.00 bits per heavy atom. The molecular weight excluding hydrogens is 412 g/mol. The van der Waals surface area contributed by atoms with Gasteiger partial charge in [-0.25, -0.2) is 8.42 Å². The summed E-state index contributed by atoms with van der Waals surface area (Å²) in [5, 5.41) is 39.5. The van der Waals surface area contributed by atoms with Crippen LogP contribution in [0.2, 0.25) is 0 Å². The van der Waals surface area contributed by atoms with Crippen LogP contribution in [0.4, 0.5) is 0 Å². The van der Waals surface area contributed by atoms with E-state index in [4.69, 9.17) is 9.47 Å². The summed E-state index contributed by atoms with van der Waals surface area (Å²) in [6.07, 6.45) is -5.28. The summed E-state index contributed by atoms with van der Waals surface area (Å²) in [7, 11) is -3.28. The van der Waals surface area contributed by atoms with Crippen molar-refractivity contribution in [3.05, 3.63) is 59.2 Å². The number of benzene rings is 2. The van der Waals surface area contributed by atoms with Gasteiger partial charge in [0.2, 0.25) is 6.29 Å². The average molecular weight is 438 g/mol. The van der Waals surface area contributed by atoms with Crippen LogP contribution < -0.4 is 4.74 Å². The van der Waals surface area contributed by atoms with Gasteiger partial charge in [0.15, 0.2) is 9.84 Å². The maximum atomic E-state index is 11.6. The number of hydrogen-bond acceptors (Lipinski definition) is 8. The molecule has 30 heavy (non-hydrogen) atoms. The molecule has 164 valence electrons. The zero-order chi connectivity index (χ0) is 22.1. The average Bonchev–Trinajstić information content (AvgIpc) is 2.70. The smallest absolute Gasteiger partial charge is 0.229 e. The Hall–Kier alpha value is -2.01. The molecule has 1 saturated heterocycles. The van der Waals surface area contributed by atoms with E-state index in [2.05, 4.69) is 0 Å². The van der Waals surface area contributed by atoms with E-state index in [1.54, 1.807) is 24.3 Å². The monoisotopic (exact) mass is 438 g/mol. The molecule has 1 aliphatic heterocycles. The molecule has 0 amide bonds. The molecule has 1 aliphatic rings. The van der Waals surface area contributed by atoms with E-state index in [1.807, 2.05) is 25.1 Å². The normalized spacial score (nSPS) is 27.1. The molecule has 0 saturated carbocycles. The quantitative estimate of drug-likeness (QED) is 0.502. The van der Waals surface area contributed by atoms with Crippen molar-refractivity contribution >= 4 is 9.84 Å². The summed E-state index contributed by atoms with van der Waals surface area (Å²) in [4.78, 5) is 0.230. The highest BCUT2D eigenvalue weighted by molar-refractivity contribution is 7.90. The number of hydrogen-bond donors (Lipinski definition) is 4. The zero-order valence-corrected chi connectivity index (χ0v) is 17.5. The molecule has 0 bridgehead atoms. The molecule has 0 aliphatic carbocycles. The highest BCUT2D eigenvalue weighted by Crippen LogP contribution is 2.30. The van der Waals surface area contributed by atoms with Gasteiger partial charge in [0.25, 0.3) is 0 Å². The van der Waals surface area contributed by atoms with Crippen LogP contribution in [0, 0.1) is 6.92 Å². The van der Waals surface area contributed by atoms with Gasteiger partial charge in [0.1, 0.15) is 30.2 Å². The van der Waals surface area contributed by atoms with E-state index < -0.39 is 47.2 Å². The molecular formula is C21H26O8S. The predicted molar refractivity (Wildman–Crippen MR) is 108 cm³/mol. The van der Waals surface area contributed by atoms with Crippen molar-refractivity contribution in [1.82, 2.24) is 0 Å². The SMILES string of the molecule is Cc1cccc(Cc2ccc(S(C)(=O)=O)cc2)c1O[C@@H]1O[C@H](CO)[C@@H](O)[C@H](O)[C@H]1O. The summed E-state index contributed by atoms with van der Waals surface area (Å²) >= 11 is 0. The molecule has 5 atom stereocenters. The van der Waals surface area contributed by atoms with Crippen LogP contribution >= 0.6 is 0 Å². The van der Waals surface area contributed by atoms with Crippen LogP contribution in [0.5, 0.6) is 5.75 Å². The molecule has 0 aromatic heterocycles. The lowest BCUT2D eigenvalue weighted by molar-refractivity contribution is -0.277. The van der Waals surface area contributed by atoms with Crippen molar-refractivity contribution in [2.24, 2.45) is 0 Å². The minimum absolute atomic E-state index is 0.230. The van der Waals surface area contributed by atoms with Gasteiger partial charge in [-0.1, -0.05) is 30.3 Å². The van der Waals surface area contributed by atoms with Gasteiger partial charge < -0.3 is 29.9 Å². The first-order chi connectivity index (χ1) is 14.1. The fraction of sp³-hybridized carbons (Fsp3) is 0.429. The van der Waals surface area contributed by atoms with E-state index in [-0.39, 0.29) is 4.90 Å². The van der Waals surface area contributed by atoms with Gasteiger partial charge in [-0.05, 0) is 35.7 Å². The minimum atomic E-state index is -3.28. The standard InChI is InChI=1S/C21H26O8S/c1-12-4-3-5-14(10-13-6-8-15(9-7-13)30(2,26)27)20(12)29-21-19(25)18(24)17(23)16(11-22)28-21/h3-9,16-19,21-25H,10-11H2,1-2H3/t16-,17-,18+,19-,21+/m1/s1. The molecule has 0 unspecified atom stereocenters. The van der Waals surface area contributed by atoms with Crippen molar-refractivity contribution in [3.63, 3.8) is 0 Å². The van der Waals surface area contributed by atoms with Crippen LogP contribution in [0.1, 0.15) is 16.7 Å². The maximum absolute atomic E-state index is 11.6. The van der Waals surface area contributed by atoms with E-state index in [1.165, 1.54) is 0 Å². The third kappa shape index (κ3) is 4.83. The zero-order valence-electron chi connectivity index (χ0n) is 16.7. The first-order valence-corrected chi connectivity index (χ1v) is 11.4. The van der Waals surface area contributed by atoms with Crippen molar-refractivity contribution in [2.75, 3.05) is 12.9 Å². The summed E-state index contributed by atoms with van der Waals surface area (Å²) < 4.78 is 34.6. The highest BCUT2D eigenvalue weighted by atomic mass is 32.2. The number of aliphatic hydroxyl groups is 4. The second kappa shape index (κ2) is 9.01. The largest absolute Gasteiger partial charge is 0.461 e. The molecule has 2 aromatic carbocycles. The molecule has 0 radical (unpaired) electrons. The number of rotatable bonds is 6. The molecule has 1 heterocycles. The lowest BCUT2D eigenvalue weighted by Gasteiger charge is -2.40. The van der Waals surface area contributed by atoms with Crippen molar-refractivity contribution in [3.8, 4) is 5.75 Å². The van der Waals surface area contributed by atoms with Gasteiger partial charge in [-0.15, -0.1) is 0 Å². The Morgan fingerprint density at radius 3 is 2.27 bits per heavy atom. The van der Waals surface area contributed by atoms with Gasteiger partial charge in [0.05, 0.1) is 11.5 Å². The number of sulfone groups is 1. The number of para-hydroxylation sites is 1. The number of aryl methyl sites for hydroxylation is 1. The summed E-state index contributed by atoms with van der Waals surface area (Å²) in [5.41, 5.74) is 2.38. The van der Waals surface area contributed by atoms with Gasteiger partial charge in [0, 0.05) is 12.7 Å². The Balaban J connectivity index is 1.85. The predicted octanol–water partition coefficient (Wildman–Crippen LogP) is 0.168. The highest BCUT2D eigenvalue weighted by Gasteiger charge is 2.45. The third-order valence-electron chi connectivity index (χ3n) is 5.12. The second-order valence-electron chi connectivity index (χ2n) is 7.47. The maximum Gasteiger partial charge on any atom is 0.229 e. The topological polar surface area (TPSA) is 134 Å². The first-order valence-electron chi connectivity index (χ1n) is 9.46. The van der Waals surface area contributed by atoms with Crippen LogP contribution in [-0.4, -0.2) is 72.4 Å². The van der Waals surface area contributed by atoms with Crippen molar-refractivity contribution in [2.45, 2.75) is 48.9 Å². The first kappa shape index (κ1) is 22.7. The molecule has 0 spiro atoms. The van der Waals surface area contributed by atoms with Gasteiger partial charge >= 0.3 is 0 Å². The van der Waals surface area contributed by atoms with E-state index >= 15 is 0 Å². The Morgan fingerprint density at radius 2 is 1.67 bits per heavy atom. The van der Waals surface area contributed by atoms with Crippen molar-refractivity contribution in [1.29, 1.82) is 0 Å². The molecule has 4 N–H and O–H groups in total. The summed E-state index contributed by atoms with van der Waals surface area (Å²) in [6, 6.07) is 12.0. The summed E-state index contributed by atoms with van der Waals surface area (Å²) in [5.74, 6) is 0.439. The lowest BCUT2D eigenvalue weighted by atomic mass is 9.99. The Labute approximate surface area is 175 Å². The van der Waals surface area contributed by atoms with E-state index in [0.717, 1.165) is 22.9 Å². The molecule has 9 heteroatoms. The van der Waals surface area contributed by atoms with Gasteiger partial charge in [-0.3, -0.25) is 0 Å². The minimum Gasteiger partial charge on any atom is -0.461 e. The molecule has 2 aromatic rings. The van der Waals surface area contributed by atoms with E-state index in [0.29, 0.717) is 12.2 Å². The molecule has 3 rings (SSSR count). The van der Waals surface area contributed by atoms with E-state index in [9.17, 15) is 28.8 Å². The molecule has 8 nitrogen and oxygen atoms in total. The van der Waals surface area contributed by atoms with Crippen molar-refractivity contribution < 1.29 is 38.3 Å². The van der Waals surface area contributed by atoms with Crippen LogP contribution in [0.3, 0.4) is 0 Å². The Kier molecular flexibility index (Phi) is 6.81.